The largest absolute Gasteiger partial charge is 0.479 e. The molecule has 5 saturated heterocycles. The van der Waals surface area contributed by atoms with E-state index in [2.05, 4.69) is 54.5 Å². The Balaban J connectivity index is 0.840. The number of aliphatic carboxylic acids is 1. The molecular weight excluding hydrogens is 1130 g/mol. The Bertz CT molecular complexity index is 2430. The highest BCUT2D eigenvalue weighted by molar-refractivity contribution is 5.80. The van der Waals surface area contributed by atoms with Gasteiger partial charge in [0.15, 0.2) is 37.4 Å². The van der Waals surface area contributed by atoms with Gasteiger partial charge < -0.3 is 124 Å². The van der Waals surface area contributed by atoms with E-state index < -0.39 is 213 Å². The number of rotatable bonds is 12. The normalized spacial score (nSPS) is 54.1. The number of esters is 1. The monoisotopic (exact) mass is 1220 g/mol. The van der Waals surface area contributed by atoms with Gasteiger partial charge in [-0.05, 0) is 110 Å². The van der Waals surface area contributed by atoms with Gasteiger partial charge in [0.25, 0.3) is 0 Å². The molecule has 0 aromatic rings. The van der Waals surface area contributed by atoms with E-state index in [-0.39, 0.29) is 35.5 Å². The molecule has 5 aliphatic heterocycles. The minimum atomic E-state index is -1.99. The molecule has 9 fully saturated rings. The van der Waals surface area contributed by atoms with E-state index in [1.54, 1.807) is 0 Å². The zero-order valence-electron chi connectivity index (χ0n) is 49.3. The van der Waals surface area contributed by atoms with Crippen molar-refractivity contribution in [3.63, 3.8) is 0 Å². The number of fused-ring (bicyclic) bond motifs is 7. The molecule has 0 spiro atoms. The fraction of sp³-hybridized carbons (Fsp3) is 0.931. The van der Waals surface area contributed by atoms with Crippen LogP contribution >= 0.6 is 0 Å². The lowest BCUT2D eigenvalue weighted by molar-refractivity contribution is -0.378. The topological polar surface area (TPSA) is 430 Å². The van der Waals surface area contributed by atoms with E-state index in [4.69, 9.17) is 47.4 Å². The molecular formula is C58H92O27. The number of carboxylic acid groups (broad SMARTS) is 1. The van der Waals surface area contributed by atoms with Crippen molar-refractivity contribution in [1.82, 2.24) is 0 Å². The highest BCUT2D eigenvalue weighted by Gasteiger charge is 2.72. The summed E-state index contributed by atoms with van der Waals surface area (Å²) in [6, 6.07) is 0. The lowest BCUT2D eigenvalue weighted by Gasteiger charge is -2.71. The molecule has 4 saturated carbocycles. The Morgan fingerprint density at radius 3 is 1.85 bits per heavy atom. The van der Waals surface area contributed by atoms with Gasteiger partial charge in [-0.2, -0.15) is 0 Å². The fourth-order valence-electron chi connectivity index (χ4n) is 17.5. The number of ether oxygens (including phenoxy) is 10. The molecule has 0 aromatic carbocycles. The van der Waals surface area contributed by atoms with Crippen molar-refractivity contribution in [3.8, 4) is 0 Å². The summed E-state index contributed by atoms with van der Waals surface area (Å²) in [5.41, 5.74) is -2.59. The van der Waals surface area contributed by atoms with Crippen LogP contribution in [0.3, 0.4) is 0 Å². The van der Waals surface area contributed by atoms with Gasteiger partial charge in [0.05, 0.1) is 38.1 Å². The first-order chi connectivity index (χ1) is 39.7. The third-order valence-electron chi connectivity index (χ3n) is 22.7. The van der Waals surface area contributed by atoms with Crippen LogP contribution in [0.25, 0.3) is 0 Å². The first-order valence-corrected chi connectivity index (χ1v) is 30.1. The molecule has 0 radical (unpaired) electrons. The van der Waals surface area contributed by atoms with Gasteiger partial charge in [-0.3, -0.25) is 4.79 Å². The van der Waals surface area contributed by atoms with Crippen LogP contribution in [0.2, 0.25) is 0 Å². The SMILES string of the molecule is C[C@@H]1O[C@@H](O[C@H]2[C@H](OC(=O)[C@]34CCC(C)(C)C[C@H]3C3=CC[C@@H]5[C@@]6(C)CC[C@H](O[C@@H]7O[C@H](C(=O)O)[C@@H](O)[C@H](O)[C@H]7O)C(C)(C)[C@@H]6CC[C@@]5(C)[C@]3(C)C[C@H]4O)OC[C@H](O)[C@@H]2O)[C@H](O)[C@H](O)[C@H]1O[C@@H]1OC[C@@H](O)[C@H](O[C@@H]2O[C@H](CO)[C@@H](O)[C@H](O)[C@H]2O)[C@H]1O. The number of allylic oxidation sites excluding steroid dienone is 2. The van der Waals surface area contributed by atoms with Crippen molar-refractivity contribution >= 4 is 11.9 Å². The van der Waals surface area contributed by atoms with E-state index in [1.807, 2.05) is 0 Å². The summed E-state index contributed by atoms with van der Waals surface area (Å²) in [4.78, 5) is 27.4. The van der Waals surface area contributed by atoms with Crippen LogP contribution < -0.4 is 0 Å². The van der Waals surface area contributed by atoms with Gasteiger partial charge in [-0.15, -0.1) is 0 Å². The smallest absolute Gasteiger partial charge is 0.335 e. The highest BCUT2D eigenvalue weighted by atomic mass is 16.8. The van der Waals surface area contributed by atoms with Crippen molar-refractivity contribution in [2.24, 2.45) is 50.2 Å². The average molecular weight is 1220 g/mol. The van der Waals surface area contributed by atoms with Gasteiger partial charge in [-0.25, -0.2) is 4.79 Å². The minimum absolute atomic E-state index is 0.0619. The van der Waals surface area contributed by atoms with Crippen molar-refractivity contribution < 1.29 is 134 Å². The van der Waals surface area contributed by atoms with E-state index in [1.165, 1.54) is 6.92 Å². The molecule has 15 N–H and O–H groups in total. The van der Waals surface area contributed by atoms with Crippen molar-refractivity contribution in [3.05, 3.63) is 11.6 Å². The maximum atomic E-state index is 15.4. The van der Waals surface area contributed by atoms with E-state index in [9.17, 15) is 81.4 Å². The van der Waals surface area contributed by atoms with Crippen molar-refractivity contribution in [1.29, 1.82) is 0 Å². The van der Waals surface area contributed by atoms with Gasteiger partial charge in [0.1, 0.15) is 97.0 Å². The van der Waals surface area contributed by atoms with Crippen LogP contribution in [0.1, 0.15) is 113 Å². The fourth-order valence-corrected chi connectivity index (χ4v) is 17.5. The lowest BCUT2D eigenvalue weighted by atomic mass is 9.33. The van der Waals surface area contributed by atoms with E-state index in [0.717, 1.165) is 18.4 Å². The Kier molecular flexibility index (Phi) is 18.4. The van der Waals surface area contributed by atoms with Crippen molar-refractivity contribution in [2.75, 3.05) is 19.8 Å². The summed E-state index contributed by atoms with van der Waals surface area (Å²) in [5, 5.41) is 163. The lowest BCUT2D eigenvalue weighted by Crippen LogP contribution is -2.68. The summed E-state index contributed by atoms with van der Waals surface area (Å²) in [5.74, 6) is -2.68. The molecule has 5 heterocycles. The number of carbonyl (C=O) groups is 2. The molecule has 0 amide bonds. The maximum absolute atomic E-state index is 15.4. The van der Waals surface area contributed by atoms with Gasteiger partial charge in [0, 0.05) is 0 Å². The van der Waals surface area contributed by atoms with Gasteiger partial charge in [-0.1, -0.05) is 60.1 Å². The summed E-state index contributed by atoms with van der Waals surface area (Å²) in [6.45, 7) is 14.9. The molecule has 85 heavy (non-hydrogen) atoms. The third-order valence-corrected chi connectivity index (χ3v) is 22.7. The molecule has 27 heteroatoms. The zero-order valence-corrected chi connectivity index (χ0v) is 49.3. The summed E-state index contributed by atoms with van der Waals surface area (Å²) in [7, 11) is 0. The van der Waals surface area contributed by atoms with Crippen molar-refractivity contribution in [2.45, 2.75) is 267 Å². The number of hydrogen-bond acceptors (Lipinski definition) is 26. The summed E-state index contributed by atoms with van der Waals surface area (Å²) in [6.07, 6.45) is -33.9. The molecule has 5 aliphatic carbocycles. The van der Waals surface area contributed by atoms with Crippen LogP contribution in [-0.4, -0.2) is 262 Å². The van der Waals surface area contributed by atoms with Crippen LogP contribution in [0.15, 0.2) is 11.6 Å². The Morgan fingerprint density at radius 1 is 0.576 bits per heavy atom. The zero-order chi connectivity index (χ0) is 62.2. The van der Waals surface area contributed by atoms with Gasteiger partial charge >= 0.3 is 11.9 Å². The number of hydrogen-bond donors (Lipinski definition) is 15. The predicted molar refractivity (Wildman–Crippen MR) is 284 cm³/mol. The number of carbonyl (C=O) groups excluding carboxylic acids is 1. The quantitative estimate of drug-likeness (QED) is 0.0532. The Hall–Kier alpha value is -2.24. The Morgan fingerprint density at radius 2 is 1.18 bits per heavy atom. The molecule has 32 atom stereocenters. The predicted octanol–water partition coefficient (Wildman–Crippen LogP) is -2.84. The van der Waals surface area contributed by atoms with Crippen LogP contribution in [0.5, 0.6) is 0 Å². The first-order valence-electron chi connectivity index (χ1n) is 30.1. The number of aliphatic hydroxyl groups excluding tert-OH is 14. The number of aliphatic hydroxyl groups is 14. The van der Waals surface area contributed by atoms with E-state index in [0.29, 0.717) is 32.1 Å². The molecule has 0 aromatic heterocycles. The molecule has 10 aliphatic rings. The second-order valence-corrected chi connectivity index (χ2v) is 28.3. The standard InChI is InChI=1S/C58H92O27/c1-22-42(81-47-41(72)43(26(61)21-76-47)82-49-38(69)34(65)33(64)27(19-59)79-49)37(68)40(71)48(78-22)84-45-32(63)25(60)20-77-51(45)85-52(75)58-16-15-53(2,3)17-24(58)23-9-10-29-55(6)13-12-31(80-50-39(70)35(66)36(67)44(83-50)46(73)74)54(4,5)28(55)11-14-56(29,7)57(23,8)18-30(58)62/h9,22,24-45,47-51,59-72H,10-21H2,1-8H3,(H,73,74)/t22-,24-,25-,26+,27+,28-,29+,30+,31-,32-,33+,34-,35-,36-,37-,38+,39+,40+,41+,42-,43-,44-,45+,47-,48-,49-,50+,51-,55-,56+,57+,58+/m0/s1. The summed E-state index contributed by atoms with van der Waals surface area (Å²) < 4.78 is 58.8. The van der Waals surface area contributed by atoms with Crippen LogP contribution in [0.4, 0.5) is 0 Å². The van der Waals surface area contributed by atoms with Crippen LogP contribution in [0, 0.1) is 50.2 Å². The molecule has 27 nitrogen and oxygen atoms in total. The third kappa shape index (κ3) is 10.9. The van der Waals surface area contributed by atoms with E-state index >= 15 is 4.79 Å². The molecule has 0 unspecified atom stereocenters. The maximum Gasteiger partial charge on any atom is 0.335 e. The van der Waals surface area contributed by atoms with Crippen LogP contribution in [-0.2, 0) is 57.0 Å². The minimum Gasteiger partial charge on any atom is -0.479 e. The average Bonchev–Trinajstić information content (AvgIpc) is 0.694. The highest BCUT2D eigenvalue weighted by Crippen LogP contribution is 2.76. The molecule has 0 bridgehead atoms. The second kappa shape index (κ2) is 23.8. The molecule has 10 rings (SSSR count). The number of carboxylic acids is 1. The first kappa shape index (κ1) is 65.7. The second-order valence-electron chi connectivity index (χ2n) is 28.3. The Labute approximate surface area is 492 Å². The summed E-state index contributed by atoms with van der Waals surface area (Å²) >= 11 is 0. The van der Waals surface area contributed by atoms with Gasteiger partial charge in [0.2, 0.25) is 6.29 Å². The molecule has 486 valence electrons.